The van der Waals surface area contributed by atoms with Crippen molar-refractivity contribution in [3.63, 3.8) is 0 Å². The molecule has 7 nitrogen and oxygen atoms in total. The SMILES string of the molecule is CC.CC.COc1ccc2oc(Nc3ccc(-c4ccc(C(=O)CC(Cc5ccccc5)C(=O)O)cc4)cc3)nc2c1. The average molecular weight is 567 g/mol. The zero-order valence-corrected chi connectivity index (χ0v) is 24.8. The highest BCUT2D eigenvalue weighted by Crippen LogP contribution is 2.27. The van der Waals surface area contributed by atoms with Gasteiger partial charge >= 0.3 is 5.97 Å². The first-order valence-electron chi connectivity index (χ1n) is 14.2. The second-order valence-corrected chi connectivity index (χ2v) is 8.98. The molecule has 42 heavy (non-hydrogen) atoms. The Kier molecular flexibility index (Phi) is 11.9. The number of methoxy groups -OCH3 is 1. The summed E-state index contributed by atoms with van der Waals surface area (Å²) in [5, 5.41) is 12.8. The Labute approximate surface area is 247 Å². The van der Waals surface area contributed by atoms with Crippen LogP contribution in [0.15, 0.2) is 101 Å². The van der Waals surface area contributed by atoms with Crippen LogP contribution in [0.25, 0.3) is 22.2 Å². The molecule has 0 aliphatic carbocycles. The molecular formula is C35H38N2O5. The summed E-state index contributed by atoms with van der Waals surface area (Å²) >= 11 is 0. The average Bonchev–Trinajstić information content (AvgIpc) is 3.45. The van der Waals surface area contributed by atoms with E-state index in [1.54, 1.807) is 19.2 Å². The topological polar surface area (TPSA) is 102 Å². The second kappa shape index (κ2) is 15.8. The molecule has 0 saturated carbocycles. The standard InChI is InChI=1S/C31H26N2O5.2C2H6/c1-37-26-15-16-29-27(19-26)33-31(38-29)32-25-13-11-22(12-14-25)21-7-9-23(10-8-21)28(34)18-24(30(35)36)17-20-5-3-2-4-6-20;2*1-2/h2-16,19,24H,17-18H2,1H3,(H,32,33)(H,35,36);2*1-2H3. The summed E-state index contributed by atoms with van der Waals surface area (Å²) in [4.78, 5) is 29.0. The van der Waals surface area contributed by atoms with Crippen molar-refractivity contribution in [1.29, 1.82) is 0 Å². The Morgan fingerprint density at radius 2 is 1.48 bits per heavy atom. The van der Waals surface area contributed by atoms with Gasteiger partial charge in [-0.3, -0.25) is 9.59 Å². The van der Waals surface area contributed by atoms with Crippen LogP contribution in [0.4, 0.5) is 11.7 Å². The minimum absolute atomic E-state index is 0.0491. The summed E-state index contributed by atoms with van der Waals surface area (Å²) in [6, 6.07) is 30.2. The Morgan fingerprint density at radius 1 is 0.857 bits per heavy atom. The third kappa shape index (κ3) is 8.30. The summed E-state index contributed by atoms with van der Waals surface area (Å²) in [5.74, 6) is -1.21. The number of Topliss-reactive ketones (excluding diaryl/α,β-unsaturated/α-hetero) is 1. The number of carboxylic acids is 1. The maximum absolute atomic E-state index is 12.8. The fourth-order valence-electron chi connectivity index (χ4n) is 4.29. The fourth-order valence-corrected chi connectivity index (χ4v) is 4.29. The van der Waals surface area contributed by atoms with E-state index >= 15 is 0 Å². The lowest BCUT2D eigenvalue weighted by Crippen LogP contribution is -2.20. The van der Waals surface area contributed by atoms with Gasteiger partial charge in [0, 0.05) is 23.7 Å². The van der Waals surface area contributed by atoms with Gasteiger partial charge in [0.1, 0.15) is 11.3 Å². The number of ether oxygens (including phenoxy) is 1. The van der Waals surface area contributed by atoms with E-state index in [2.05, 4.69) is 10.3 Å². The second-order valence-electron chi connectivity index (χ2n) is 8.98. The Bertz CT molecular complexity index is 1560. The number of aromatic nitrogens is 1. The first-order chi connectivity index (χ1) is 20.5. The lowest BCUT2D eigenvalue weighted by molar-refractivity contribution is -0.141. The molecule has 5 rings (SSSR count). The molecule has 1 atom stereocenters. The predicted octanol–water partition coefficient (Wildman–Crippen LogP) is 8.82. The van der Waals surface area contributed by atoms with E-state index in [9.17, 15) is 14.7 Å². The van der Waals surface area contributed by atoms with Gasteiger partial charge in [0.05, 0.1) is 13.0 Å². The third-order valence-electron chi connectivity index (χ3n) is 6.38. The number of benzene rings is 4. The summed E-state index contributed by atoms with van der Waals surface area (Å²) in [6.45, 7) is 8.00. The van der Waals surface area contributed by atoms with Gasteiger partial charge in [-0.15, -0.1) is 0 Å². The van der Waals surface area contributed by atoms with Gasteiger partial charge in [-0.1, -0.05) is 94.4 Å². The van der Waals surface area contributed by atoms with E-state index in [1.165, 1.54) is 0 Å². The van der Waals surface area contributed by atoms with Crippen LogP contribution in [0.5, 0.6) is 5.75 Å². The van der Waals surface area contributed by atoms with Crippen molar-refractivity contribution in [3.05, 3.63) is 108 Å². The number of carbonyl (C=O) groups excluding carboxylic acids is 1. The normalized spacial score (nSPS) is 10.9. The lowest BCUT2D eigenvalue weighted by Gasteiger charge is -2.12. The van der Waals surface area contributed by atoms with Gasteiger partial charge in [-0.25, -0.2) is 0 Å². The van der Waals surface area contributed by atoms with E-state index in [4.69, 9.17) is 9.15 Å². The molecular weight excluding hydrogens is 528 g/mol. The summed E-state index contributed by atoms with van der Waals surface area (Å²) in [5.41, 5.74) is 5.50. The zero-order valence-electron chi connectivity index (χ0n) is 24.8. The van der Waals surface area contributed by atoms with Crippen molar-refractivity contribution in [2.45, 2.75) is 40.5 Å². The third-order valence-corrected chi connectivity index (χ3v) is 6.38. The van der Waals surface area contributed by atoms with Gasteiger partial charge in [0.15, 0.2) is 11.4 Å². The molecule has 0 bridgehead atoms. The van der Waals surface area contributed by atoms with E-state index in [-0.39, 0.29) is 12.2 Å². The molecule has 0 aliphatic heterocycles. The smallest absolute Gasteiger partial charge is 0.307 e. The van der Waals surface area contributed by atoms with E-state index in [0.717, 1.165) is 22.4 Å². The van der Waals surface area contributed by atoms with Crippen LogP contribution < -0.4 is 10.1 Å². The van der Waals surface area contributed by atoms with E-state index < -0.39 is 11.9 Å². The van der Waals surface area contributed by atoms with Crippen molar-refractivity contribution < 1.29 is 23.8 Å². The highest BCUT2D eigenvalue weighted by atomic mass is 16.5. The quantitative estimate of drug-likeness (QED) is 0.163. The van der Waals surface area contributed by atoms with Gasteiger partial charge in [0.2, 0.25) is 0 Å². The molecule has 218 valence electrons. The van der Waals surface area contributed by atoms with Crippen LogP contribution in [0, 0.1) is 5.92 Å². The predicted molar refractivity (Wildman–Crippen MR) is 169 cm³/mol. The van der Waals surface area contributed by atoms with E-state index in [1.807, 2.05) is 113 Å². The number of carboxylic acid groups (broad SMARTS) is 1. The number of ketones is 1. The van der Waals surface area contributed by atoms with Crippen molar-refractivity contribution in [1.82, 2.24) is 4.98 Å². The minimum Gasteiger partial charge on any atom is -0.497 e. The minimum atomic E-state index is -0.968. The monoisotopic (exact) mass is 566 g/mol. The number of hydrogen-bond acceptors (Lipinski definition) is 6. The van der Waals surface area contributed by atoms with Gasteiger partial charge in [-0.2, -0.15) is 4.98 Å². The molecule has 2 N–H and O–H groups in total. The van der Waals surface area contributed by atoms with Gasteiger partial charge in [-0.05, 0) is 47.4 Å². The Morgan fingerprint density at radius 3 is 2.07 bits per heavy atom. The molecule has 0 fully saturated rings. The van der Waals surface area contributed by atoms with Gasteiger partial charge < -0.3 is 19.6 Å². The molecule has 0 saturated heterocycles. The van der Waals surface area contributed by atoms with Crippen molar-refractivity contribution in [2.24, 2.45) is 5.92 Å². The maximum Gasteiger partial charge on any atom is 0.307 e. The number of rotatable bonds is 10. The van der Waals surface area contributed by atoms with Crippen LogP contribution in [0.1, 0.15) is 50.0 Å². The molecule has 0 spiro atoms. The molecule has 1 heterocycles. The summed E-state index contributed by atoms with van der Waals surface area (Å²) in [7, 11) is 1.61. The van der Waals surface area contributed by atoms with Crippen LogP contribution in [-0.4, -0.2) is 29.0 Å². The number of hydrogen-bond donors (Lipinski definition) is 2. The molecule has 0 radical (unpaired) electrons. The van der Waals surface area contributed by atoms with Gasteiger partial charge in [0.25, 0.3) is 6.01 Å². The van der Waals surface area contributed by atoms with Crippen molar-refractivity contribution in [3.8, 4) is 16.9 Å². The largest absolute Gasteiger partial charge is 0.497 e. The lowest BCUT2D eigenvalue weighted by atomic mass is 9.91. The van der Waals surface area contributed by atoms with E-state index in [0.29, 0.717) is 34.8 Å². The van der Waals surface area contributed by atoms with Crippen molar-refractivity contribution in [2.75, 3.05) is 12.4 Å². The molecule has 7 heteroatoms. The number of oxazole rings is 1. The summed E-state index contributed by atoms with van der Waals surface area (Å²) in [6.07, 6.45) is 0.269. The Hall–Kier alpha value is -4.91. The van der Waals surface area contributed by atoms with Crippen LogP contribution in [0.3, 0.4) is 0 Å². The maximum atomic E-state index is 12.8. The molecule has 1 aromatic heterocycles. The number of aliphatic carboxylic acids is 1. The highest BCUT2D eigenvalue weighted by Gasteiger charge is 2.22. The molecule has 4 aromatic carbocycles. The molecule has 1 unspecified atom stereocenters. The molecule has 0 amide bonds. The Balaban J connectivity index is 0.00000116. The molecule has 0 aliphatic rings. The first kappa shape index (κ1) is 31.6. The van der Waals surface area contributed by atoms with Crippen molar-refractivity contribution >= 4 is 34.6 Å². The number of anilines is 2. The highest BCUT2D eigenvalue weighted by molar-refractivity contribution is 5.98. The van der Waals surface area contributed by atoms with Crippen LogP contribution >= 0.6 is 0 Å². The number of fused-ring (bicyclic) bond motifs is 1. The summed E-state index contributed by atoms with van der Waals surface area (Å²) < 4.78 is 11.0. The number of carbonyl (C=O) groups is 2. The fraction of sp³-hybridized carbons (Fsp3) is 0.229. The molecule has 5 aromatic rings. The number of nitrogens with zero attached hydrogens (tertiary/aromatic N) is 1. The van der Waals surface area contributed by atoms with Crippen LogP contribution in [0.2, 0.25) is 0 Å². The zero-order chi connectivity index (χ0) is 30.5. The van der Waals surface area contributed by atoms with Crippen LogP contribution in [-0.2, 0) is 11.2 Å². The number of nitrogens with one attached hydrogen (secondary N) is 1. The first-order valence-corrected chi connectivity index (χ1v) is 14.2.